The normalized spacial score (nSPS) is 10.8. The molecule has 11 heteroatoms. The first-order chi connectivity index (χ1) is 15.8. The Labute approximate surface area is 196 Å². The number of rotatable bonds is 9. The Morgan fingerprint density at radius 2 is 1.94 bits per heavy atom. The van der Waals surface area contributed by atoms with Crippen molar-refractivity contribution in [2.45, 2.75) is 26.4 Å². The van der Waals surface area contributed by atoms with Gasteiger partial charge < -0.3 is 20.4 Å². The Morgan fingerprint density at radius 3 is 2.67 bits per heavy atom. The molecule has 0 saturated carbocycles. The highest BCUT2D eigenvalue weighted by Gasteiger charge is 2.20. The van der Waals surface area contributed by atoms with Gasteiger partial charge in [-0.05, 0) is 36.8 Å². The highest BCUT2D eigenvalue weighted by Crippen LogP contribution is 2.20. The van der Waals surface area contributed by atoms with Gasteiger partial charge in [0, 0.05) is 16.6 Å². The summed E-state index contributed by atoms with van der Waals surface area (Å²) in [5.74, 6) is -2.41. The van der Waals surface area contributed by atoms with Crippen molar-refractivity contribution in [3.63, 3.8) is 0 Å². The molecule has 0 aliphatic carbocycles. The van der Waals surface area contributed by atoms with Crippen molar-refractivity contribution >= 4 is 44.7 Å². The fourth-order valence-electron chi connectivity index (χ4n) is 3.27. The van der Waals surface area contributed by atoms with Crippen molar-refractivity contribution in [1.82, 2.24) is 20.2 Å². The number of carbonyl (C=O) groups excluding carboxylic acids is 3. The van der Waals surface area contributed by atoms with E-state index >= 15 is 0 Å². The maximum Gasteiger partial charge on any atom is 0.327 e. The summed E-state index contributed by atoms with van der Waals surface area (Å²) in [6.07, 6.45) is -0.428. The number of benzene rings is 2. The molecule has 0 aliphatic rings. The Balaban J connectivity index is 1.67. The zero-order chi connectivity index (χ0) is 24.0. The summed E-state index contributed by atoms with van der Waals surface area (Å²) in [6.45, 7) is 1.31. The molecule has 3 rings (SSSR count). The van der Waals surface area contributed by atoms with Gasteiger partial charge in [-0.15, -0.1) is 0 Å². The first kappa shape index (κ1) is 24.2. The molecule has 3 N–H and O–H groups in total. The number of nitrogens with one attached hydrogen (secondary N) is 3. The van der Waals surface area contributed by atoms with E-state index in [2.05, 4.69) is 31.5 Å². The lowest BCUT2D eigenvalue weighted by molar-refractivity contribution is -0.143. The van der Waals surface area contributed by atoms with E-state index in [0.29, 0.717) is 0 Å². The molecule has 1 heterocycles. The minimum atomic E-state index is -0.714. The molecule has 0 saturated heterocycles. The van der Waals surface area contributed by atoms with Crippen LogP contribution in [0.25, 0.3) is 11.0 Å². The second-order valence-corrected chi connectivity index (χ2v) is 8.02. The van der Waals surface area contributed by atoms with Gasteiger partial charge in [-0.1, -0.05) is 28.1 Å². The molecule has 0 radical (unpaired) electrons. The third-order valence-electron chi connectivity index (χ3n) is 4.74. The number of aromatic amines is 1. The van der Waals surface area contributed by atoms with E-state index in [-0.39, 0.29) is 36.3 Å². The van der Waals surface area contributed by atoms with Crippen LogP contribution in [0, 0.1) is 5.82 Å². The van der Waals surface area contributed by atoms with E-state index in [1.54, 1.807) is 6.92 Å². The molecule has 0 aliphatic heterocycles. The number of fused-ring (bicyclic) bond motifs is 1. The van der Waals surface area contributed by atoms with Crippen LogP contribution in [0.2, 0.25) is 0 Å². The predicted molar refractivity (Wildman–Crippen MR) is 122 cm³/mol. The van der Waals surface area contributed by atoms with E-state index in [4.69, 9.17) is 4.74 Å². The Morgan fingerprint density at radius 1 is 1.15 bits per heavy atom. The second kappa shape index (κ2) is 10.9. The zero-order valence-corrected chi connectivity index (χ0v) is 19.3. The number of nitrogens with zero attached hydrogens (tertiary/aromatic N) is 1. The highest BCUT2D eigenvalue weighted by atomic mass is 79.9. The number of esters is 1. The molecule has 0 spiro atoms. The SMILES string of the molecule is CCOC(=O)Cn1c(=O)[nH]c2ccc(F)c(CC(=O)NCC(=O)NCc3cccc(Br)c3)c21. The number of aromatic nitrogens is 2. The molecule has 0 atom stereocenters. The fourth-order valence-corrected chi connectivity index (χ4v) is 3.72. The Bertz CT molecular complexity index is 1250. The summed E-state index contributed by atoms with van der Waals surface area (Å²) in [5, 5.41) is 5.12. The smallest absolute Gasteiger partial charge is 0.327 e. The minimum Gasteiger partial charge on any atom is -0.465 e. The number of hydrogen-bond donors (Lipinski definition) is 3. The van der Waals surface area contributed by atoms with Crippen LogP contribution in [-0.2, 0) is 38.6 Å². The van der Waals surface area contributed by atoms with Crippen LogP contribution in [0.4, 0.5) is 4.39 Å². The third-order valence-corrected chi connectivity index (χ3v) is 5.23. The Hall–Kier alpha value is -3.47. The average Bonchev–Trinajstić information content (AvgIpc) is 3.08. The van der Waals surface area contributed by atoms with Gasteiger partial charge in [-0.2, -0.15) is 0 Å². The lowest BCUT2D eigenvalue weighted by Gasteiger charge is -2.10. The van der Waals surface area contributed by atoms with Crippen molar-refractivity contribution in [3.8, 4) is 0 Å². The van der Waals surface area contributed by atoms with E-state index in [1.165, 1.54) is 6.07 Å². The van der Waals surface area contributed by atoms with Crippen molar-refractivity contribution in [2.24, 2.45) is 0 Å². The van der Waals surface area contributed by atoms with Crippen molar-refractivity contribution < 1.29 is 23.5 Å². The van der Waals surface area contributed by atoms with Crippen LogP contribution in [0.15, 0.2) is 45.7 Å². The molecule has 0 bridgehead atoms. The molecule has 174 valence electrons. The second-order valence-electron chi connectivity index (χ2n) is 7.10. The Kier molecular flexibility index (Phi) is 7.99. The number of ether oxygens (including phenoxy) is 1. The minimum absolute atomic E-state index is 0.0674. The molecular weight excluding hydrogens is 499 g/mol. The van der Waals surface area contributed by atoms with E-state index in [0.717, 1.165) is 20.7 Å². The van der Waals surface area contributed by atoms with Crippen molar-refractivity contribution in [2.75, 3.05) is 13.2 Å². The number of carbonyl (C=O) groups is 3. The first-order valence-electron chi connectivity index (χ1n) is 10.1. The number of imidazole rings is 1. The van der Waals surface area contributed by atoms with Crippen LogP contribution in [0.3, 0.4) is 0 Å². The van der Waals surface area contributed by atoms with Gasteiger partial charge in [0.05, 0.1) is 30.6 Å². The van der Waals surface area contributed by atoms with Crippen LogP contribution >= 0.6 is 15.9 Å². The number of amides is 2. The van der Waals surface area contributed by atoms with E-state index in [9.17, 15) is 23.6 Å². The van der Waals surface area contributed by atoms with E-state index < -0.39 is 42.3 Å². The van der Waals surface area contributed by atoms with Gasteiger partial charge in [0.25, 0.3) is 0 Å². The number of H-pyrrole nitrogens is 1. The summed E-state index contributed by atoms with van der Waals surface area (Å²) in [4.78, 5) is 51.2. The maximum absolute atomic E-state index is 14.6. The highest BCUT2D eigenvalue weighted by molar-refractivity contribution is 9.10. The summed E-state index contributed by atoms with van der Waals surface area (Å²) in [6, 6.07) is 9.88. The lowest BCUT2D eigenvalue weighted by Crippen LogP contribution is -2.37. The molecule has 0 fully saturated rings. The van der Waals surface area contributed by atoms with Gasteiger partial charge >= 0.3 is 11.7 Å². The molecule has 1 aromatic heterocycles. The molecular formula is C22H22BrFN4O5. The van der Waals surface area contributed by atoms with Gasteiger partial charge in [-0.25, -0.2) is 9.18 Å². The third kappa shape index (κ3) is 6.28. The molecule has 9 nitrogen and oxygen atoms in total. The number of halogens is 2. The van der Waals surface area contributed by atoms with Crippen molar-refractivity contribution in [3.05, 3.63) is 68.3 Å². The largest absolute Gasteiger partial charge is 0.465 e. The summed E-state index contributed by atoms with van der Waals surface area (Å²) >= 11 is 3.35. The topological polar surface area (TPSA) is 122 Å². The van der Waals surface area contributed by atoms with Crippen LogP contribution in [0.1, 0.15) is 18.1 Å². The quantitative estimate of drug-likeness (QED) is 0.371. The monoisotopic (exact) mass is 520 g/mol. The van der Waals surface area contributed by atoms with E-state index in [1.807, 2.05) is 24.3 Å². The molecule has 33 heavy (non-hydrogen) atoms. The fraction of sp³-hybridized carbons (Fsp3) is 0.273. The molecule has 3 aromatic rings. The van der Waals surface area contributed by atoms with Crippen LogP contribution in [-0.4, -0.2) is 40.5 Å². The van der Waals surface area contributed by atoms with Crippen LogP contribution < -0.4 is 16.3 Å². The van der Waals surface area contributed by atoms with Gasteiger partial charge in [0.2, 0.25) is 11.8 Å². The average molecular weight is 521 g/mol. The number of hydrogen-bond acceptors (Lipinski definition) is 5. The van der Waals surface area contributed by atoms with Crippen LogP contribution in [0.5, 0.6) is 0 Å². The zero-order valence-electron chi connectivity index (χ0n) is 17.7. The van der Waals surface area contributed by atoms with Gasteiger partial charge in [0.15, 0.2) is 0 Å². The standard InChI is InChI=1S/C22H22BrFN4O5/c1-2-33-20(31)12-28-21-15(16(24)6-7-17(21)27-22(28)32)9-18(29)26-11-19(30)25-10-13-4-3-5-14(23)8-13/h3-8H,2,9-12H2,1H3,(H,25,30)(H,26,29)(H,27,32). The molecule has 2 amide bonds. The summed E-state index contributed by atoms with van der Waals surface area (Å²) in [5.41, 5.74) is 0.562. The van der Waals surface area contributed by atoms with Gasteiger partial charge in [0.1, 0.15) is 12.4 Å². The van der Waals surface area contributed by atoms with Crippen molar-refractivity contribution in [1.29, 1.82) is 0 Å². The summed E-state index contributed by atoms with van der Waals surface area (Å²) < 4.78 is 21.4. The lowest BCUT2D eigenvalue weighted by atomic mass is 10.1. The molecule has 0 unspecified atom stereocenters. The first-order valence-corrected chi connectivity index (χ1v) is 10.9. The predicted octanol–water partition coefficient (Wildman–Crippen LogP) is 1.77. The summed E-state index contributed by atoms with van der Waals surface area (Å²) in [7, 11) is 0. The molecule has 2 aromatic carbocycles. The van der Waals surface area contributed by atoms with Gasteiger partial charge in [-0.3, -0.25) is 19.0 Å². The maximum atomic E-state index is 14.6.